The molecule has 0 atom stereocenters. The molecule has 0 saturated heterocycles. The van der Waals surface area contributed by atoms with E-state index in [0.717, 1.165) is 6.26 Å². The van der Waals surface area contributed by atoms with Crippen molar-refractivity contribution >= 4 is 16.0 Å². The van der Waals surface area contributed by atoms with Crippen molar-refractivity contribution in [2.45, 2.75) is 33.2 Å². The van der Waals surface area contributed by atoms with E-state index >= 15 is 0 Å². The third kappa shape index (κ3) is 5.27. The van der Waals surface area contributed by atoms with Crippen LogP contribution in [0.1, 0.15) is 23.4 Å². The van der Waals surface area contributed by atoms with Gasteiger partial charge < -0.3 is 5.11 Å². The van der Waals surface area contributed by atoms with Crippen LogP contribution in [0.4, 0.5) is 0 Å². The second-order valence-electron chi connectivity index (χ2n) is 4.76. The van der Waals surface area contributed by atoms with E-state index in [9.17, 15) is 18.0 Å². The minimum absolute atomic E-state index is 0.0524. The Balaban J connectivity index is 3.01. The van der Waals surface area contributed by atoms with Gasteiger partial charge in [0.15, 0.2) is 0 Å². The molecule has 1 heterocycles. The minimum atomic E-state index is -3.32. The Morgan fingerprint density at radius 2 is 2.00 bits per heavy atom. The number of nitrogens with zero attached hydrogens (tertiary/aromatic N) is 2. The van der Waals surface area contributed by atoms with Gasteiger partial charge in [-0.25, -0.2) is 17.9 Å². The molecule has 1 aromatic rings. The molecule has 0 bridgehead atoms. The highest BCUT2D eigenvalue weighted by molar-refractivity contribution is 7.88. The van der Waals surface area contributed by atoms with Crippen molar-refractivity contribution in [2.75, 3.05) is 12.8 Å². The van der Waals surface area contributed by atoms with Crippen molar-refractivity contribution < 1.29 is 18.3 Å². The summed E-state index contributed by atoms with van der Waals surface area (Å²) in [5.41, 5.74) is 1.35. The van der Waals surface area contributed by atoms with Gasteiger partial charge in [-0.3, -0.25) is 9.36 Å². The molecule has 1 aromatic heterocycles. The minimum Gasteiger partial charge on any atom is -0.481 e. The average Bonchev–Trinajstić information content (AvgIpc) is 2.31. The van der Waals surface area contributed by atoms with Crippen LogP contribution in [-0.2, 0) is 27.8 Å². The lowest BCUT2D eigenvalue weighted by Gasteiger charge is -2.15. The van der Waals surface area contributed by atoms with Crippen LogP contribution in [0.15, 0.2) is 4.79 Å². The van der Waals surface area contributed by atoms with Crippen LogP contribution in [0.3, 0.4) is 0 Å². The standard InChI is InChI=1S/C12H19N3O5S/c1-8-10(4-5-11(16)17)9(2)15(12(18)14-8)7-6-13-21(3,19)20/h13H,4-7H2,1-3H3,(H,16,17). The predicted molar refractivity (Wildman–Crippen MR) is 76.8 cm³/mol. The molecule has 0 aromatic carbocycles. The van der Waals surface area contributed by atoms with E-state index in [2.05, 4.69) is 9.71 Å². The molecule has 0 spiro atoms. The number of carbonyl (C=O) groups is 1. The lowest BCUT2D eigenvalue weighted by Crippen LogP contribution is -2.33. The zero-order chi connectivity index (χ0) is 16.2. The summed E-state index contributed by atoms with van der Waals surface area (Å²) >= 11 is 0. The smallest absolute Gasteiger partial charge is 0.348 e. The number of rotatable bonds is 7. The summed E-state index contributed by atoms with van der Waals surface area (Å²) in [5, 5.41) is 8.75. The molecule has 0 fully saturated rings. The lowest BCUT2D eigenvalue weighted by atomic mass is 10.1. The van der Waals surface area contributed by atoms with Crippen LogP contribution >= 0.6 is 0 Å². The van der Waals surface area contributed by atoms with Gasteiger partial charge in [0, 0.05) is 30.9 Å². The van der Waals surface area contributed by atoms with E-state index in [1.807, 2.05) is 0 Å². The van der Waals surface area contributed by atoms with E-state index in [1.54, 1.807) is 13.8 Å². The van der Waals surface area contributed by atoms with Gasteiger partial charge in [-0.15, -0.1) is 0 Å². The fraction of sp³-hybridized carbons (Fsp3) is 0.583. The molecule has 0 saturated carbocycles. The molecule has 0 aliphatic carbocycles. The van der Waals surface area contributed by atoms with Gasteiger partial charge in [0.05, 0.1) is 6.26 Å². The fourth-order valence-corrected chi connectivity index (χ4v) is 2.50. The molecule has 9 heteroatoms. The maximum absolute atomic E-state index is 11.9. The monoisotopic (exact) mass is 317 g/mol. The Labute approximate surface area is 122 Å². The largest absolute Gasteiger partial charge is 0.481 e. The highest BCUT2D eigenvalue weighted by atomic mass is 32.2. The molecule has 0 radical (unpaired) electrons. The molecule has 0 aliphatic rings. The lowest BCUT2D eigenvalue weighted by molar-refractivity contribution is -0.136. The highest BCUT2D eigenvalue weighted by Gasteiger charge is 2.13. The molecular weight excluding hydrogens is 298 g/mol. The van der Waals surface area contributed by atoms with Crippen LogP contribution in [0.5, 0.6) is 0 Å². The molecular formula is C12H19N3O5S. The van der Waals surface area contributed by atoms with Crippen molar-refractivity contribution in [2.24, 2.45) is 0 Å². The Hall–Kier alpha value is -1.74. The van der Waals surface area contributed by atoms with Gasteiger partial charge in [0.25, 0.3) is 0 Å². The zero-order valence-electron chi connectivity index (χ0n) is 12.2. The van der Waals surface area contributed by atoms with Crippen LogP contribution < -0.4 is 10.4 Å². The molecule has 1 rings (SSSR count). The van der Waals surface area contributed by atoms with Gasteiger partial charge in [-0.05, 0) is 25.8 Å². The van der Waals surface area contributed by atoms with Gasteiger partial charge in [0.2, 0.25) is 10.0 Å². The van der Waals surface area contributed by atoms with Crippen molar-refractivity contribution in [3.8, 4) is 0 Å². The molecule has 0 unspecified atom stereocenters. The Kier molecular flexibility index (Phi) is 5.62. The summed E-state index contributed by atoms with van der Waals surface area (Å²) in [6, 6.07) is 0. The first-order chi connectivity index (χ1) is 9.61. The number of hydrogen-bond acceptors (Lipinski definition) is 5. The van der Waals surface area contributed by atoms with E-state index in [-0.39, 0.29) is 25.9 Å². The van der Waals surface area contributed by atoms with Crippen molar-refractivity contribution in [1.29, 1.82) is 0 Å². The number of carboxylic acids is 1. The number of sulfonamides is 1. The van der Waals surface area contributed by atoms with Gasteiger partial charge in [-0.2, -0.15) is 4.98 Å². The second-order valence-corrected chi connectivity index (χ2v) is 6.59. The Bertz CT molecular complexity index is 694. The molecule has 118 valence electrons. The third-order valence-corrected chi connectivity index (χ3v) is 3.79. The number of carboxylic acid groups (broad SMARTS) is 1. The summed E-state index contributed by atoms with van der Waals surface area (Å²) in [7, 11) is -3.32. The van der Waals surface area contributed by atoms with E-state index in [0.29, 0.717) is 17.0 Å². The molecule has 8 nitrogen and oxygen atoms in total. The SMILES string of the molecule is Cc1nc(=O)n(CCNS(C)(=O)=O)c(C)c1CCC(=O)O. The number of hydrogen-bond donors (Lipinski definition) is 2. The molecule has 0 amide bonds. The van der Waals surface area contributed by atoms with Gasteiger partial charge >= 0.3 is 11.7 Å². The molecule has 0 aliphatic heterocycles. The topological polar surface area (TPSA) is 118 Å². The number of aliphatic carboxylic acids is 1. The van der Waals surface area contributed by atoms with Crippen LogP contribution in [-0.4, -0.2) is 41.8 Å². The first-order valence-electron chi connectivity index (χ1n) is 6.35. The summed E-state index contributed by atoms with van der Waals surface area (Å²) in [6.07, 6.45) is 1.26. The van der Waals surface area contributed by atoms with E-state index in [4.69, 9.17) is 5.11 Å². The first kappa shape index (κ1) is 17.3. The third-order valence-electron chi connectivity index (χ3n) is 3.06. The normalized spacial score (nSPS) is 11.6. The number of aromatic nitrogens is 2. The molecule has 2 N–H and O–H groups in total. The number of aryl methyl sites for hydroxylation is 1. The summed E-state index contributed by atoms with van der Waals surface area (Å²) in [6.45, 7) is 3.58. The predicted octanol–water partition coefficient (Wildman–Crippen LogP) is -0.573. The van der Waals surface area contributed by atoms with E-state index < -0.39 is 21.7 Å². The zero-order valence-corrected chi connectivity index (χ0v) is 13.0. The van der Waals surface area contributed by atoms with Crippen LogP contribution in [0, 0.1) is 13.8 Å². The molecule has 21 heavy (non-hydrogen) atoms. The second kappa shape index (κ2) is 6.81. The van der Waals surface area contributed by atoms with E-state index in [1.165, 1.54) is 4.57 Å². The first-order valence-corrected chi connectivity index (χ1v) is 8.24. The Morgan fingerprint density at radius 1 is 1.38 bits per heavy atom. The Morgan fingerprint density at radius 3 is 2.52 bits per heavy atom. The summed E-state index contributed by atoms with van der Waals surface area (Å²) in [4.78, 5) is 26.4. The van der Waals surface area contributed by atoms with Crippen molar-refractivity contribution in [3.63, 3.8) is 0 Å². The van der Waals surface area contributed by atoms with Crippen LogP contribution in [0.2, 0.25) is 0 Å². The highest BCUT2D eigenvalue weighted by Crippen LogP contribution is 2.11. The summed E-state index contributed by atoms with van der Waals surface area (Å²) < 4.78 is 25.7. The van der Waals surface area contributed by atoms with Crippen molar-refractivity contribution in [1.82, 2.24) is 14.3 Å². The van der Waals surface area contributed by atoms with Gasteiger partial charge in [-0.1, -0.05) is 0 Å². The fourth-order valence-electron chi connectivity index (χ4n) is 2.04. The van der Waals surface area contributed by atoms with Crippen molar-refractivity contribution in [3.05, 3.63) is 27.4 Å². The average molecular weight is 317 g/mol. The maximum atomic E-state index is 11.9. The summed E-state index contributed by atoms with van der Waals surface area (Å²) in [5.74, 6) is -0.926. The van der Waals surface area contributed by atoms with Crippen LogP contribution in [0.25, 0.3) is 0 Å². The quantitative estimate of drug-likeness (QED) is 0.695. The van der Waals surface area contributed by atoms with Gasteiger partial charge in [0.1, 0.15) is 0 Å². The maximum Gasteiger partial charge on any atom is 0.348 e. The number of nitrogens with one attached hydrogen (secondary N) is 1.